The minimum atomic E-state index is -4.73. The van der Waals surface area contributed by atoms with E-state index in [1.807, 2.05) is 43.3 Å². The Balaban J connectivity index is 1.71. The Morgan fingerprint density at radius 2 is 1.84 bits per heavy atom. The van der Waals surface area contributed by atoms with Crippen LogP contribution < -0.4 is 10.6 Å². The van der Waals surface area contributed by atoms with Gasteiger partial charge >= 0.3 is 6.18 Å². The third-order valence-electron chi connectivity index (χ3n) is 5.63. The second-order valence-electron chi connectivity index (χ2n) is 7.78. The van der Waals surface area contributed by atoms with Gasteiger partial charge in [0.2, 0.25) is 17.7 Å². The standard InChI is InChI=1S/C22H18ClF3N6/c1-11-2-4-12(5-3-11)18-17-14(15-10-13(23)6-7-16(15)28-17)8-9-32(18)21-30-19(22(24,25)26)29-20(27)31-21/h2-7,10,18,28H,8-9H2,1H3,(H2,27,29,30,31)/t18-/m0/s1. The van der Waals surface area contributed by atoms with E-state index in [1.165, 1.54) is 0 Å². The van der Waals surface area contributed by atoms with Crippen molar-refractivity contribution in [2.75, 3.05) is 17.2 Å². The zero-order valence-electron chi connectivity index (χ0n) is 16.9. The summed E-state index contributed by atoms with van der Waals surface area (Å²) in [5, 5.41) is 1.61. The fraction of sp³-hybridized carbons (Fsp3) is 0.227. The first-order valence-corrected chi connectivity index (χ1v) is 10.3. The number of anilines is 2. The van der Waals surface area contributed by atoms with Crippen LogP contribution in [0.4, 0.5) is 25.1 Å². The van der Waals surface area contributed by atoms with Gasteiger partial charge < -0.3 is 15.6 Å². The molecule has 0 unspecified atom stereocenters. The minimum absolute atomic E-state index is 0.113. The van der Waals surface area contributed by atoms with E-state index in [4.69, 9.17) is 17.3 Å². The van der Waals surface area contributed by atoms with Crippen LogP contribution in [0, 0.1) is 6.92 Å². The van der Waals surface area contributed by atoms with Gasteiger partial charge in [0.1, 0.15) is 0 Å². The number of aryl methyl sites for hydroxylation is 1. The maximum Gasteiger partial charge on any atom is 0.451 e. The molecule has 0 fully saturated rings. The number of aromatic nitrogens is 4. The molecule has 0 saturated carbocycles. The largest absolute Gasteiger partial charge is 0.451 e. The lowest BCUT2D eigenvalue weighted by Crippen LogP contribution is -2.38. The quantitative estimate of drug-likeness (QED) is 0.438. The van der Waals surface area contributed by atoms with E-state index in [0.717, 1.165) is 33.3 Å². The van der Waals surface area contributed by atoms with Crippen molar-refractivity contribution in [1.82, 2.24) is 19.9 Å². The molecule has 0 spiro atoms. The first kappa shape index (κ1) is 20.6. The Hall–Kier alpha value is -3.33. The average Bonchev–Trinajstić information content (AvgIpc) is 3.10. The number of hydrogen-bond acceptors (Lipinski definition) is 5. The predicted octanol–water partition coefficient (Wildman–Crippen LogP) is 5.07. The van der Waals surface area contributed by atoms with E-state index in [9.17, 15) is 13.2 Å². The smallest absolute Gasteiger partial charge is 0.368 e. The molecular formula is C22H18ClF3N6. The first-order chi connectivity index (χ1) is 15.2. The second-order valence-corrected chi connectivity index (χ2v) is 8.22. The van der Waals surface area contributed by atoms with Gasteiger partial charge in [0.25, 0.3) is 0 Å². The first-order valence-electron chi connectivity index (χ1n) is 9.92. The molecule has 1 aliphatic rings. The number of alkyl halides is 3. The molecule has 10 heteroatoms. The lowest BCUT2D eigenvalue weighted by atomic mass is 9.92. The highest BCUT2D eigenvalue weighted by Gasteiger charge is 2.38. The van der Waals surface area contributed by atoms with Crippen LogP contribution in [0.3, 0.4) is 0 Å². The zero-order chi connectivity index (χ0) is 22.6. The number of nitrogens with zero attached hydrogens (tertiary/aromatic N) is 4. The molecule has 1 atom stereocenters. The molecule has 164 valence electrons. The highest BCUT2D eigenvalue weighted by atomic mass is 35.5. The fourth-order valence-corrected chi connectivity index (χ4v) is 4.38. The van der Waals surface area contributed by atoms with E-state index in [1.54, 1.807) is 11.0 Å². The molecule has 2 aromatic carbocycles. The van der Waals surface area contributed by atoms with E-state index in [2.05, 4.69) is 19.9 Å². The lowest BCUT2D eigenvalue weighted by molar-refractivity contribution is -0.144. The molecule has 3 N–H and O–H groups in total. The van der Waals surface area contributed by atoms with Gasteiger partial charge in [-0.3, -0.25) is 0 Å². The van der Waals surface area contributed by atoms with Gasteiger partial charge in [-0.25, -0.2) is 0 Å². The van der Waals surface area contributed by atoms with Crippen molar-refractivity contribution in [3.8, 4) is 0 Å². The third kappa shape index (κ3) is 3.52. The number of hydrogen-bond donors (Lipinski definition) is 2. The van der Waals surface area contributed by atoms with Gasteiger partial charge in [-0.2, -0.15) is 28.1 Å². The number of halogens is 4. The molecule has 4 aromatic rings. The normalized spacial score (nSPS) is 16.4. The van der Waals surface area contributed by atoms with Crippen molar-refractivity contribution in [2.45, 2.75) is 25.6 Å². The molecule has 0 radical (unpaired) electrons. The molecule has 1 aliphatic heterocycles. The lowest BCUT2D eigenvalue weighted by Gasteiger charge is -2.36. The molecule has 32 heavy (non-hydrogen) atoms. The van der Waals surface area contributed by atoms with E-state index in [-0.39, 0.29) is 5.95 Å². The number of fused-ring (bicyclic) bond motifs is 3. The van der Waals surface area contributed by atoms with Crippen molar-refractivity contribution in [3.63, 3.8) is 0 Å². The predicted molar refractivity (Wildman–Crippen MR) is 117 cm³/mol. The monoisotopic (exact) mass is 458 g/mol. The number of benzene rings is 2. The van der Waals surface area contributed by atoms with E-state index >= 15 is 0 Å². The van der Waals surface area contributed by atoms with Gasteiger partial charge in [-0.05, 0) is 42.7 Å². The summed E-state index contributed by atoms with van der Waals surface area (Å²) in [6, 6.07) is 13.0. The Morgan fingerprint density at radius 3 is 2.56 bits per heavy atom. The third-order valence-corrected chi connectivity index (χ3v) is 5.87. The molecular weight excluding hydrogens is 441 g/mol. The summed E-state index contributed by atoms with van der Waals surface area (Å²) in [5.74, 6) is -1.89. The summed E-state index contributed by atoms with van der Waals surface area (Å²) >= 11 is 6.22. The van der Waals surface area contributed by atoms with Crippen LogP contribution in [0.5, 0.6) is 0 Å². The highest BCUT2D eigenvalue weighted by molar-refractivity contribution is 6.31. The summed E-state index contributed by atoms with van der Waals surface area (Å²) in [6.45, 7) is 2.37. The van der Waals surface area contributed by atoms with Crippen LogP contribution >= 0.6 is 11.6 Å². The fourth-order valence-electron chi connectivity index (χ4n) is 4.21. The Morgan fingerprint density at radius 1 is 1.09 bits per heavy atom. The number of nitrogen functional groups attached to an aromatic ring is 1. The van der Waals surface area contributed by atoms with Crippen LogP contribution in [0.1, 0.15) is 34.3 Å². The Bertz CT molecular complexity index is 1320. The number of H-pyrrole nitrogens is 1. The molecule has 0 amide bonds. The van der Waals surface area contributed by atoms with Crippen molar-refractivity contribution in [3.05, 3.63) is 75.7 Å². The molecule has 2 aromatic heterocycles. The summed E-state index contributed by atoms with van der Waals surface area (Å²) in [7, 11) is 0. The molecule has 0 aliphatic carbocycles. The molecule has 6 nitrogen and oxygen atoms in total. The maximum absolute atomic E-state index is 13.4. The van der Waals surface area contributed by atoms with Gasteiger partial charge in [0, 0.05) is 28.2 Å². The van der Waals surface area contributed by atoms with Gasteiger partial charge in [-0.15, -0.1) is 0 Å². The van der Waals surface area contributed by atoms with Crippen LogP contribution in [-0.4, -0.2) is 26.5 Å². The van der Waals surface area contributed by atoms with Crippen LogP contribution in [0.25, 0.3) is 10.9 Å². The summed E-state index contributed by atoms with van der Waals surface area (Å²) in [5.41, 5.74) is 10.4. The van der Waals surface area contributed by atoms with Gasteiger partial charge in [-0.1, -0.05) is 41.4 Å². The number of nitrogens with two attached hydrogens (primary N) is 1. The summed E-state index contributed by atoms with van der Waals surface area (Å²) < 4.78 is 40.1. The minimum Gasteiger partial charge on any atom is -0.368 e. The second kappa shape index (κ2) is 7.37. The molecule has 0 bridgehead atoms. The van der Waals surface area contributed by atoms with Gasteiger partial charge in [0.05, 0.1) is 6.04 Å². The SMILES string of the molecule is Cc1ccc([C@H]2c3[nH]c4ccc(Cl)cc4c3CCN2c2nc(N)nc(C(F)(F)F)n2)cc1. The van der Waals surface area contributed by atoms with Gasteiger partial charge in [0.15, 0.2) is 0 Å². The Kier molecular flexibility index (Phi) is 4.74. The molecule has 5 rings (SSSR count). The van der Waals surface area contributed by atoms with Crippen LogP contribution in [0.15, 0.2) is 42.5 Å². The number of aromatic amines is 1. The van der Waals surface area contributed by atoms with Crippen molar-refractivity contribution >= 4 is 34.4 Å². The Labute approximate surface area is 186 Å². The van der Waals surface area contributed by atoms with Crippen LogP contribution in [0.2, 0.25) is 5.02 Å². The van der Waals surface area contributed by atoms with Crippen molar-refractivity contribution in [1.29, 1.82) is 0 Å². The topological polar surface area (TPSA) is 83.7 Å². The van der Waals surface area contributed by atoms with E-state index < -0.39 is 24.0 Å². The number of rotatable bonds is 2. The van der Waals surface area contributed by atoms with Crippen molar-refractivity contribution in [2.24, 2.45) is 0 Å². The zero-order valence-corrected chi connectivity index (χ0v) is 17.7. The van der Waals surface area contributed by atoms with Crippen LogP contribution in [-0.2, 0) is 12.6 Å². The highest BCUT2D eigenvalue weighted by Crippen LogP contribution is 2.41. The van der Waals surface area contributed by atoms with E-state index in [0.29, 0.717) is 18.0 Å². The molecule has 3 heterocycles. The van der Waals surface area contributed by atoms with Crippen molar-refractivity contribution < 1.29 is 13.2 Å². The molecule has 0 saturated heterocycles. The average molecular weight is 459 g/mol. The summed E-state index contributed by atoms with van der Waals surface area (Å²) in [4.78, 5) is 16.2. The number of nitrogens with one attached hydrogen (secondary N) is 1. The summed E-state index contributed by atoms with van der Waals surface area (Å²) in [6.07, 6.45) is -4.16. The maximum atomic E-state index is 13.4.